The Bertz CT molecular complexity index is 893. The van der Waals surface area contributed by atoms with Gasteiger partial charge in [-0.1, -0.05) is 6.07 Å². The second kappa shape index (κ2) is 8.19. The first-order chi connectivity index (χ1) is 14.0. The predicted molar refractivity (Wildman–Crippen MR) is 111 cm³/mol. The number of nitrogens with zero attached hydrogens (tertiary/aromatic N) is 5. The third kappa shape index (κ3) is 4.09. The first-order valence-electron chi connectivity index (χ1n) is 10.2. The van der Waals surface area contributed by atoms with Gasteiger partial charge in [-0.25, -0.2) is 0 Å². The van der Waals surface area contributed by atoms with Crippen molar-refractivity contribution < 1.29 is 9.59 Å². The molecule has 1 atom stereocenters. The molecule has 0 aromatic carbocycles. The molecule has 4 heterocycles. The molecule has 2 aliphatic rings. The number of anilines is 1. The highest BCUT2D eigenvalue weighted by atomic mass is 16.2. The Balaban J connectivity index is 1.55. The second-order valence-electron chi connectivity index (χ2n) is 7.76. The number of aryl methyl sites for hydroxylation is 1. The highest BCUT2D eigenvalue weighted by molar-refractivity contribution is 5.92. The van der Waals surface area contributed by atoms with Crippen LogP contribution in [0.25, 0.3) is 0 Å². The Morgan fingerprint density at radius 1 is 1.07 bits per heavy atom. The fraction of sp³-hybridized carbons (Fsp3) is 0.455. The Kier molecular flexibility index (Phi) is 5.47. The fourth-order valence-corrected chi connectivity index (χ4v) is 4.26. The summed E-state index contributed by atoms with van der Waals surface area (Å²) < 4.78 is 0. The molecule has 0 aliphatic carbocycles. The van der Waals surface area contributed by atoms with E-state index in [0.29, 0.717) is 5.69 Å². The molecule has 2 fully saturated rings. The van der Waals surface area contributed by atoms with Crippen molar-refractivity contribution in [2.75, 3.05) is 37.6 Å². The van der Waals surface area contributed by atoms with Gasteiger partial charge in [0.15, 0.2) is 0 Å². The summed E-state index contributed by atoms with van der Waals surface area (Å²) in [6.45, 7) is 7.44. The summed E-state index contributed by atoms with van der Waals surface area (Å²) in [5.41, 5.74) is 3.49. The first kappa shape index (κ1) is 19.4. The van der Waals surface area contributed by atoms with E-state index in [1.54, 1.807) is 19.2 Å². The Labute approximate surface area is 171 Å². The van der Waals surface area contributed by atoms with E-state index in [-0.39, 0.29) is 17.9 Å². The highest BCUT2D eigenvalue weighted by Crippen LogP contribution is 2.34. The molecule has 0 spiro atoms. The molecule has 152 valence electrons. The van der Waals surface area contributed by atoms with Crippen LogP contribution in [0.1, 0.15) is 47.7 Å². The van der Waals surface area contributed by atoms with E-state index in [4.69, 9.17) is 4.98 Å². The quantitative estimate of drug-likeness (QED) is 0.801. The summed E-state index contributed by atoms with van der Waals surface area (Å²) >= 11 is 0. The molecule has 7 nitrogen and oxygen atoms in total. The van der Waals surface area contributed by atoms with Crippen molar-refractivity contribution in [1.29, 1.82) is 0 Å². The zero-order chi connectivity index (χ0) is 20.4. The minimum Gasteiger partial charge on any atom is -0.368 e. The SMILES string of the molecule is CC(=O)N1CCN(c2cc(C)nc([C@@H]3CCCN3C(=O)c3ccccn3)c2)CC1. The average molecular weight is 393 g/mol. The number of carbonyl (C=O) groups is 2. The summed E-state index contributed by atoms with van der Waals surface area (Å²) in [6.07, 6.45) is 3.53. The van der Waals surface area contributed by atoms with E-state index in [1.807, 2.05) is 28.9 Å². The summed E-state index contributed by atoms with van der Waals surface area (Å²) in [5, 5.41) is 0. The molecule has 0 bridgehead atoms. The highest BCUT2D eigenvalue weighted by Gasteiger charge is 2.32. The molecule has 2 saturated heterocycles. The van der Waals surface area contributed by atoms with Gasteiger partial charge in [-0.15, -0.1) is 0 Å². The molecule has 0 saturated carbocycles. The molecule has 2 aromatic heterocycles. The van der Waals surface area contributed by atoms with E-state index in [1.165, 1.54) is 0 Å². The van der Waals surface area contributed by atoms with Crippen molar-refractivity contribution in [1.82, 2.24) is 19.8 Å². The van der Waals surface area contributed by atoms with Gasteiger partial charge in [0.1, 0.15) is 5.69 Å². The number of rotatable bonds is 3. The van der Waals surface area contributed by atoms with E-state index >= 15 is 0 Å². The van der Waals surface area contributed by atoms with E-state index < -0.39 is 0 Å². The van der Waals surface area contributed by atoms with Crippen LogP contribution in [0.3, 0.4) is 0 Å². The molecule has 29 heavy (non-hydrogen) atoms. The van der Waals surface area contributed by atoms with Gasteiger partial charge in [0.25, 0.3) is 5.91 Å². The number of pyridine rings is 2. The third-order valence-corrected chi connectivity index (χ3v) is 5.79. The normalized spacial score (nSPS) is 19.5. The van der Waals surface area contributed by atoms with Crippen molar-refractivity contribution in [3.63, 3.8) is 0 Å². The molecule has 0 radical (unpaired) electrons. The maximum absolute atomic E-state index is 13.0. The number of hydrogen-bond acceptors (Lipinski definition) is 5. The maximum atomic E-state index is 13.0. The van der Waals surface area contributed by atoms with Gasteiger partial charge in [0.05, 0.1) is 11.7 Å². The topological polar surface area (TPSA) is 69.6 Å². The number of aromatic nitrogens is 2. The molecule has 7 heteroatoms. The number of hydrogen-bond donors (Lipinski definition) is 0. The molecule has 0 N–H and O–H groups in total. The van der Waals surface area contributed by atoms with Crippen LogP contribution in [0.4, 0.5) is 5.69 Å². The summed E-state index contributed by atoms with van der Waals surface area (Å²) in [6, 6.07) is 9.61. The van der Waals surface area contributed by atoms with Gasteiger partial charge in [0, 0.05) is 57.2 Å². The predicted octanol–water partition coefficient (Wildman–Crippen LogP) is 2.43. The van der Waals surface area contributed by atoms with Crippen LogP contribution in [0.15, 0.2) is 36.5 Å². The van der Waals surface area contributed by atoms with Gasteiger partial charge in [-0.2, -0.15) is 0 Å². The molecule has 4 rings (SSSR count). The fourth-order valence-electron chi connectivity index (χ4n) is 4.26. The minimum absolute atomic E-state index is 0.0262. The van der Waals surface area contributed by atoms with E-state index in [2.05, 4.69) is 22.0 Å². The third-order valence-electron chi connectivity index (χ3n) is 5.79. The Morgan fingerprint density at radius 3 is 2.55 bits per heavy atom. The molecule has 2 amide bonds. The second-order valence-corrected chi connectivity index (χ2v) is 7.76. The van der Waals surface area contributed by atoms with Crippen LogP contribution < -0.4 is 4.90 Å². The van der Waals surface area contributed by atoms with Crippen molar-refractivity contribution in [2.45, 2.75) is 32.7 Å². The zero-order valence-corrected chi connectivity index (χ0v) is 17.0. The van der Waals surface area contributed by atoms with Crippen molar-refractivity contribution >= 4 is 17.5 Å². The Hall–Kier alpha value is -2.96. The lowest BCUT2D eigenvalue weighted by atomic mass is 10.1. The standard InChI is InChI=1S/C22H27N5O2/c1-16-14-18(26-12-10-25(11-13-26)17(2)28)15-20(24-16)21-7-5-9-27(21)22(29)19-6-3-4-8-23-19/h3-4,6,8,14-15,21H,5,7,9-13H2,1-2H3/t21-/m0/s1. The van der Waals surface area contributed by atoms with Gasteiger partial charge < -0.3 is 14.7 Å². The van der Waals surface area contributed by atoms with Crippen molar-refractivity contribution in [3.05, 3.63) is 53.6 Å². The van der Waals surface area contributed by atoms with Gasteiger partial charge in [-0.05, 0) is 44.0 Å². The van der Waals surface area contributed by atoms with Crippen LogP contribution in [-0.4, -0.2) is 64.3 Å². The molecule has 0 unspecified atom stereocenters. The Morgan fingerprint density at radius 2 is 1.86 bits per heavy atom. The molecule has 2 aromatic rings. The minimum atomic E-state index is -0.0342. The smallest absolute Gasteiger partial charge is 0.273 e. The van der Waals surface area contributed by atoms with Gasteiger partial charge in [-0.3, -0.25) is 19.6 Å². The van der Waals surface area contributed by atoms with E-state index in [9.17, 15) is 9.59 Å². The van der Waals surface area contributed by atoms with Crippen LogP contribution in [0, 0.1) is 6.92 Å². The number of likely N-dealkylation sites (tertiary alicyclic amines) is 1. The lowest BCUT2D eigenvalue weighted by Crippen LogP contribution is -2.48. The monoisotopic (exact) mass is 393 g/mol. The van der Waals surface area contributed by atoms with Crippen LogP contribution in [0.5, 0.6) is 0 Å². The van der Waals surface area contributed by atoms with Crippen LogP contribution in [0.2, 0.25) is 0 Å². The number of amides is 2. The van der Waals surface area contributed by atoms with Crippen LogP contribution in [-0.2, 0) is 4.79 Å². The summed E-state index contributed by atoms with van der Waals surface area (Å²) in [4.78, 5) is 39.7. The largest absolute Gasteiger partial charge is 0.368 e. The molecular weight excluding hydrogens is 366 g/mol. The van der Waals surface area contributed by atoms with E-state index in [0.717, 1.165) is 62.6 Å². The summed E-state index contributed by atoms with van der Waals surface area (Å²) in [5.74, 6) is 0.0962. The lowest BCUT2D eigenvalue weighted by molar-refractivity contribution is -0.129. The molecular formula is C22H27N5O2. The lowest BCUT2D eigenvalue weighted by Gasteiger charge is -2.36. The number of carbonyl (C=O) groups excluding carboxylic acids is 2. The van der Waals surface area contributed by atoms with Gasteiger partial charge >= 0.3 is 0 Å². The van der Waals surface area contributed by atoms with Crippen molar-refractivity contribution in [3.8, 4) is 0 Å². The zero-order valence-electron chi connectivity index (χ0n) is 17.0. The van der Waals surface area contributed by atoms with Crippen molar-refractivity contribution in [2.24, 2.45) is 0 Å². The first-order valence-corrected chi connectivity index (χ1v) is 10.2. The number of piperazine rings is 1. The molecule has 2 aliphatic heterocycles. The average Bonchev–Trinajstić information content (AvgIpc) is 3.23. The van der Waals surface area contributed by atoms with Crippen LogP contribution >= 0.6 is 0 Å². The maximum Gasteiger partial charge on any atom is 0.273 e. The van der Waals surface area contributed by atoms with Gasteiger partial charge in [0.2, 0.25) is 5.91 Å². The summed E-state index contributed by atoms with van der Waals surface area (Å²) in [7, 11) is 0.